The van der Waals surface area contributed by atoms with Gasteiger partial charge in [0.1, 0.15) is 6.10 Å². The zero-order valence-electron chi connectivity index (χ0n) is 11.9. The van der Waals surface area contributed by atoms with Crippen LogP contribution >= 0.6 is 0 Å². The van der Waals surface area contributed by atoms with Crippen LogP contribution in [-0.4, -0.2) is 45.4 Å². The highest BCUT2D eigenvalue weighted by molar-refractivity contribution is 4.61. The van der Waals surface area contributed by atoms with Gasteiger partial charge in [0, 0.05) is 19.8 Å². The van der Waals surface area contributed by atoms with Gasteiger partial charge in [-0.25, -0.2) is 0 Å². The molecule has 1 heterocycles. The van der Waals surface area contributed by atoms with Crippen LogP contribution in [0.15, 0.2) is 0 Å². The first-order valence-corrected chi connectivity index (χ1v) is 7.29. The van der Waals surface area contributed by atoms with E-state index in [1.54, 1.807) is 0 Å². The Balaban J connectivity index is 2.22. The molecule has 1 unspecified atom stereocenters. The second kappa shape index (κ2) is 10.7. The summed E-state index contributed by atoms with van der Waals surface area (Å²) in [5, 5.41) is 0. The van der Waals surface area contributed by atoms with E-state index >= 15 is 0 Å². The second-order valence-corrected chi connectivity index (χ2v) is 4.70. The van der Waals surface area contributed by atoms with E-state index in [0.717, 1.165) is 45.5 Å². The summed E-state index contributed by atoms with van der Waals surface area (Å²) in [4.78, 5) is 0. The van der Waals surface area contributed by atoms with Crippen LogP contribution in [0.3, 0.4) is 0 Å². The third kappa shape index (κ3) is 7.31. The van der Waals surface area contributed by atoms with Crippen LogP contribution < -0.4 is 0 Å². The maximum Gasteiger partial charge on any atom is 0.158 e. The highest BCUT2D eigenvalue weighted by Crippen LogP contribution is 2.15. The molecule has 0 aliphatic carbocycles. The third-order valence-corrected chi connectivity index (χ3v) is 2.79. The first-order valence-electron chi connectivity index (χ1n) is 7.29. The Kier molecular flexibility index (Phi) is 9.48. The Morgan fingerprint density at radius 3 is 2.22 bits per heavy atom. The molecule has 0 aromatic heterocycles. The Morgan fingerprint density at radius 2 is 1.72 bits per heavy atom. The average Bonchev–Trinajstić information content (AvgIpc) is 2.40. The molecule has 1 aliphatic rings. The fraction of sp³-hybridized carbons (Fsp3) is 1.00. The standard InChI is InChI=1S/C14H28O4/c1-3-8-15-11-13(12-16-9-4-2)18-14-7-5-6-10-17-14/h13-14H,3-12H2,1-2H3. The van der Waals surface area contributed by atoms with Crippen LogP contribution in [0.1, 0.15) is 46.0 Å². The van der Waals surface area contributed by atoms with Gasteiger partial charge in [0.2, 0.25) is 0 Å². The van der Waals surface area contributed by atoms with Gasteiger partial charge in [-0.05, 0) is 32.1 Å². The summed E-state index contributed by atoms with van der Waals surface area (Å²) >= 11 is 0. The fourth-order valence-corrected chi connectivity index (χ4v) is 1.88. The molecule has 0 amide bonds. The number of hydrogen-bond acceptors (Lipinski definition) is 4. The van der Waals surface area contributed by atoms with Crippen molar-refractivity contribution in [2.75, 3.05) is 33.0 Å². The van der Waals surface area contributed by atoms with Gasteiger partial charge in [0.15, 0.2) is 6.29 Å². The lowest BCUT2D eigenvalue weighted by Crippen LogP contribution is -2.34. The molecule has 18 heavy (non-hydrogen) atoms. The maximum absolute atomic E-state index is 5.91. The minimum Gasteiger partial charge on any atom is -0.379 e. The normalized spacial score (nSPS) is 20.5. The summed E-state index contributed by atoms with van der Waals surface area (Å²) in [6.07, 6.45) is 5.29. The van der Waals surface area contributed by atoms with Crippen molar-refractivity contribution >= 4 is 0 Å². The van der Waals surface area contributed by atoms with E-state index in [4.69, 9.17) is 18.9 Å². The first kappa shape index (κ1) is 15.9. The van der Waals surface area contributed by atoms with Crippen LogP contribution in [0.4, 0.5) is 0 Å². The number of hydrogen-bond donors (Lipinski definition) is 0. The maximum atomic E-state index is 5.91. The summed E-state index contributed by atoms with van der Waals surface area (Å²) in [6, 6.07) is 0. The van der Waals surface area contributed by atoms with Gasteiger partial charge in [-0.2, -0.15) is 0 Å². The molecule has 108 valence electrons. The van der Waals surface area contributed by atoms with E-state index < -0.39 is 0 Å². The summed E-state index contributed by atoms with van der Waals surface area (Å²) < 4.78 is 22.6. The molecule has 0 bridgehead atoms. The van der Waals surface area contributed by atoms with E-state index in [1.807, 2.05) is 0 Å². The molecule has 1 atom stereocenters. The van der Waals surface area contributed by atoms with Crippen LogP contribution in [-0.2, 0) is 18.9 Å². The summed E-state index contributed by atoms with van der Waals surface area (Å²) in [6.45, 7) is 7.76. The van der Waals surface area contributed by atoms with Crippen molar-refractivity contribution < 1.29 is 18.9 Å². The lowest BCUT2D eigenvalue weighted by Gasteiger charge is -2.27. The lowest BCUT2D eigenvalue weighted by molar-refractivity contribution is -0.207. The third-order valence-electron chi connectivity index (χ3n) is 2.79. The molecule has 0 aromatic rings. The van der Waals surface area contributed by atoms with E-state index in [1.165, 1.54) is 6.42 Å². The van der Waals surface area contributed by atoms with Gasteiger partial charge in [0.05, 0.1) is 13.2 Å². The summed E-state index contributed by atoms with van der Waals surface area (Å²) in [7, 11) is 0. The Hall–Kier alpha value is -0.160. The first-order chi connectivity index (χ1) is 8.86. The molecule has 4 heteroatoms. The van der Waals surface area contributed by atoms with Crippen molar-refractivity contribution in [3.8, 4) is 0 Å². The topological polar surface area (TPSA) is 36.9 Å². The van der Waals surface area contributed by atoms with Crippen molar-refractivity contribution in [1.82, 2.24) is 0 Å². The van der Waals surface area contributed by atoms with E-state index in [9.17, 15) is 0 Å². The fourth-order valence-electron chi connectivity index (χ4n) is 1.88. The molecule has 0 spiro atoms. The van der Waals surface area contributed by atoms with Gasteiger partial charge in [-0.15, -0.1) is 0 Å². The molecule has 0 radical (unpaired) electrons. The Labute approximate surface area is 111 Å². The van der Waals surface area contributed by atoms with Gasteiger partial charge in [0.25, 0.3) is 0 Å². The minimum absolute atomic E-state index is 0.00815. The lowest BCUT2D eigenvalue weighted by atomic mass is 10.2. The van der Waals surface area contributed by atoms with E-state index in [-0.39, 0.29) is 12.4 Å². The highest BCUT2D eigenvalue weighted by atomic mass is 16.7. The highest BCUT2D eigenvalue weighted by Gasteiger charge is 2.20. The van der Waals surface area contributed by atoms with Crippen molar-refractivity contribution in [1.29, 1.82) is 0 Å². The van der Waals surface area contributed by atoms with Gasteiger partial charge < -0.3 is 18.9 Å². The SMILES string of the molecule is CCCOCC(COCCC)OC1CCCCO1. The summed E-state index contributed by atoms with van der Waals surface area (Å²) in [5.41, 5.74) is 0. The molecule has 4 nitrogen and oxygen atoms in total. The van der Waals surface area contributed by atoms with Crippen molar-refractivity contribution in [2.45, 2.75) is 58.3 Å². The van der Waals surface area contributed by atoms with Gasteiger partial charge >= 0.3 is 0 Å². The Morgan fingerprint density at radius 1 is 1.06 bits per heavy atom. The van der Waals surface area contributed by atoms with Gasteiger partial charge in [-0.3, -0.25) is 0 Å². The molecular weight excluding hydrogens is 232 g/mol. The van der Waals surface area contributed by atoms with Crippen LogP contribution in [0.25, 0.3) is 0 Å². The molecule has 0 saturated carbocycles. The smallest absolute Gasteiger partial charge is 0.158 e. The zero-order valence-corrected chi connectivity index (χ0v) is 11.9. The zero-order chi connectivity index (χ0) is 13.1. The van der Waals surface area contributed by atoms with E-state index in [2.05, 4.69) is 13.8 Å². The molecular formula is C14H28O4. The van der Waals surface area contributed by atoms with Gasteiger partial charge in [-0.1, -0.05) is 13.8 Å². The van der Waals surface area contributed by atoms with Crippen LogP contribution in [0, 0.1) is 0 Å². The second-order valence-electron chi connectivity index (χ2n) is 4.70. The minimum atomic E-state index is -0.0702. The molecule has 1 saturated heterocycles. The number of rotatable bonds is 10. The molecule has 1 rings (SSSR count). The van der Waals surface area contributed by atoms with E-state index in [0.29, 0.717) is 13.2 Å². The monoisotopic (exact) mass is 260 g/mol. The predicted octanol–water partition coefficient (Wildman–Crippen LogP) is 2.75. The van der Waals surface area contributed by atoms with Crippen LogP contribution in [0.2, 0.25) is 0 Å². The average molecular weight is 260 g/mol. The van der Waals surface area contributed by atoms with Crippen molar-refractivity contribution in [3.05, 3.63) is 0 Å². The number of ether oxygens (including phenoxy) is 4. The Bertz CT molecular complexity index is 171. The predicted molar refractivity (Wildman–Crippen MR) is 70.7 cm³/mol. The molecule has 0 N–H and O–H groups in total. The van der Waals surface area contributed by atoms with Crippen molar-refractivity contribution in [2.24, 2.45) is 0 Å². The quantitative estimate of drug-likeness (QED) is 0.566. The van der Waals surface area contributed by atoms with Crippen molar-refractivity contribution in [3.63, 3.8) is 0 Å². The largest absolute Gasteiger partial charge is 0.379 e. The molecule has 1 fully saturated rings. The van der Waals surface area contributed by atoms with Crippen LogP contribution in [0.5, 0.6) is 0 Å². The molecule has 0 aromatic carbocycles. The summed E-state index contributed by atoms with van der Waals surface area (Å²) in [5.74, 6) is 0. The molecule has 1 aliphatic heterocycles.